The highest BCUT2D eigenvalue weighted by molar-refractivity contribution is 7.91. The Hall–Kier alpha value is -2.45. The molecule has 3 aromatic rings. The van der Waals surface area contributed by atoms with Crippen LogP contribution in [0, 0.1) is 0 Å². The van der Waals surface area contributed by atoms with E-state index < -0.39 is 14.6 Å². The average Bonchev–Trinajstić information content (AvgIpc) is 3.39. The van der Waals surface area contributed by atoms with E-state index in [1.54, 1.807) is 0 Å². The van der Waals surface area contributed by atoms with Crippen LogP contribution in [0.3, 0.4) is 0 Å². The summed E-state index contributed by atoms with van der Waals surface area (Å²) in [6, 6.07) is 9.99. The molecule has 0 bridgehead atoms. The largest absolute Gasteiger partial charge is 0.377 e. The summed E-state index contributed by atoms with van der Waals surface area (Å²) in [7, 11) is -3.28. The van der Waals surface area contributed by atoms with E-state index in [0.717, 1.165) is 28.8 Å². The Morgan fingerprint density at radius 2 is 2.07 bits per heavy atom. The second-order valence-electron chi connectivity index (χ2n) is 8.06. The van der Waals surface area contributed by atoms with Crippen molar-refractivity contribution in [3.05, 3.63) is 42.2 Å². The van der Waals surface area contributed by atoms with Gasteiger partial charge in [-0.15, -0.1) is 0 Å². The number of ether oxygens (including phenoxy) is 1. The number of rotatable bonds is 4. The molecule has 0 amide bonds. The van der Waals surface area contributed by atoms with Crippen LogP contribution in [0.25, 0.3) is 22.3 Å². The van der Waals surface area contributed by atoms with E-state index in [9.17, 15) is 8.42 Å². The maximum absolute atomic E-state index is 12.6. The van der Waals surface area contributed by atoms with Gasteiger partial charge in [-0.3, -0.25) is 0 Å². The van der Waals surface area contributed by atoms with Crippen LogP contribution >= 0.6 is 0 Å². The molecule has 7 nitrogen and oxygen atoms in total. The first-order chi connectivity index (χ1) is 13.9. The summed E-state index contributed by atoms with van der Waals surface area (Å²) < 4.78 is 29.9. The lowest BCUT2D eigenvalue weighted by atomic mass is 10.1. The molecule has 1 aromatic carbocycles. The zero-order valence-electron chi connectivity index (χ0n) is 16.6. The second kappa shape index (κ2) is 6.53. The molecule has 152 valence electrons. The molecular weight excluding hydrogens is 388 g/mol. The zero-order valence-corrected chi connectivity index (χ0v) is 17.4. The summed E-state index contributed by atoms with van der Waals surface area (Å²) in [5.74, 6) is 1.33. The number of benzene rings is 1. The number of sulfone groups is 1. The molecule has 0 radical (unpaired) electrons. The third-order valence-electron chi connectivity index (χ3n) is 6.09. The van der Waals surface area contributed by atoms with Crippen molar-refractivity contribution in [2.24, 2.45) is 0 Å². The molecule has 0 unspecified atom stereocenters. The summed E-state index contributed by atoms with van der Waals surface area (Å²) in [6.07, 6.45) is 4.41. The normalized spacial score (nSPS) is 21.4. The number of nitrogens with zero attached hydrogens (tertiary/aromatic N) is 3. The van der Waals surface area contributed by atoms with Gasteiger partial charge in [-0.1, -0.05) is 12.1 Å². The minimum absolute atomic E-state index is 0.163. The highest BCUT2D eigenvalue weighted by Gasteiger charge is 2.55. The third-order valence-corrected chi connectivity index (χ3v) is 8.13. The van der Waals surface area contributed by atoms with E-state index in [-0.39, 0.29) is 6.04 Å². The van der Waals surface area contributed by atoms with Crippen molar-refractivity contribution in [3.63, 3.8) is 0 Å². The molecule has 1 saturated heterocycles. The summed E-state index contributed by atoms with van der Waals surface area (Å²) in [4.78, 5) is 15.1. The molecule has 8 heteroatoms. The van der Waals surface area contributed by atoms with Crippen LogP contribution < -0.4 is 4.90 Å². The van der Waals surface area contributed by atoms with Crippen molar-refractivity contribution < 1.29 is 13.2 Å². The third kappa shape index (κ3) is 3.02. The first-order valence-corrected chi connectivity index (χ1v) is 11.8. The second-order valence-corrected chi connectivity index (χ2v) is 10.4. The monoisotopic (exact) mass is 412 g/mol. The number of morpholine rings is 1. The van der Waals surface area contributed by atoms with E-state index in [1.807, 2.05) is 36.5 Å². The van der Waals surface area contributed by atoms with Crippen molar-refractivity contribution in [1.82, 2.24) is 15.0 Å². The molecule has 1 N–H and O–H groups in total. The van der Waals surface area contributed by atoms with Gasteiger partial charge in [-0.25, -0.2) is 18.4 Å². The minimum atomic E-state index is -3.28. The number of aromatic amines is 1. The van der Waals surface area contributed by atoms with Crippen LogP contribution in [0.2, 0.25) is 0 Å². The molecule has 1 atom stereocenters. The summed E-state index contributed by atoms with van der Waals surface area (Å²) in [5, 5.41) is 1.02. The molecular formula is C21H24N4O3S. The zero-order chi connectivity index (χ0) is 20.2. The smallest absolute Gasteiger partial charge is 0.162 e. The highest BCUT2D eigenvalue weighted by atomic mass is 32.2. The Balaban J connectivity index is 1.72. The molecule has 29 heavy (non-hydrogen) atoms. The van der Waals surface area contributed by atoms with Gasteiger partial charge in [0.05, 0.1) is 24.9 Å². The molecule has 1 saturated carbocycles. The fourth-order valence-corrected chi connectivity index (χ4v) is 5.54. The number of anilines is 1. The first kappa shape index (κ1) is 18.6. The predicted octanol–water partition coefficient (Wildman–Crippen LogP) is 2.88. The fraction of sp³-hybridized carbons (Fsp3) is 0.429. The first-order valence-electron chi connectivity index (χ1n) is 9.89. The summed E-state index contributed by atoms with van der Waals surface area (Å²) in [6.45, 7) is 4.07. The lowest BCUT2D eigenvalue weighted by Crippen LogP contribution is -2.44. The number of aromatic nitrogens is 3. The van der Waals surface area contributed by atoms with E-state index in [0.29, 0.717) is 37.6 Å². The van der Waals surface area contributed by atoms with Gasteiger partial charge >= 0.3 is 0 Å². The number of hydrogen-bond acceptors (Lipinski definition) is 6. The van der Waals surface area contributed by atoms with Crippen molar-refractivity contribution in [2.45, 2.75) is 30.6 Å². The average molecular weight is 413 g/mol. The SMILES string of the molecule is C[C@@H]1COCCN1c1cc(C2(S(C)(=O)=O)CC2)nc(-c2cccc3[nH]ccc23)n1. The standard InChI is InChI=1S/C21H24N4O3S/c1-14-13-28-11-10-25(14)19-12-18(21(7-8-21)29(2,26)27)23-20(24-19)16-4-3-5-17-15(16)6-9-22-17/h3-6,9,12,14,22H,7-8,10-11,13H2,1-2H3/t14-/m1/s1. The molecule has 2 aromatic heterocycles. The molecule has 2 fully saturated rings. The molecule has 3 heterocycles. The van der Waals surface area contributed by atoms with Gasteiger partial charge in [-0.05, 0) is 31.9 Å². The van der Waals surface area contributed by atoms with Gasteiger partial charge in [-0.2, -0.15) is 0 Å². The number of hydrogen-bond donors (Lipinski definition) is 1. The number of nitrogens with one attached hydrogen (secondary N) is 1. The van der Waals surface area contributed by atoms with Crippen LogP contribution in [0.1, 0.15) is 25.5 Å². The van der Waals surface area contributed by atoms with Gasteiger partial charge in [0.1, 0.15) is 10.6 Å². The Bertz CT molecular complexity index is 1180. The minimum Gasteiger partial charge on any atom is -0.377 e. The van der Waals surface area contributed by atoms with Crippen molar-refractivity contribution in [3.8, 4) is 11.4 Å². The Morgan fingerprint density at radius 1 is 1.24 bits per heavy atom. The van der Waals surface area contributed by atoms with Gasteiger partial charge < -0.3 is 14.6 Å². The topological polar surface area (TPSA) is 88.2 Å². The summed E-state index contributed by atoms with van der Waals surface area (Å²) in [5.41, 5.74) is 2.50. The van der Waals surface area contributed by atoms with Crippen LogP contribution in [0.15, 0.2) is 36.5 Å². The molecule has 1 aliphatic carbocycles. The lowest BCUT2D eigenvalue weighted by Gasteiger charge is -2.34. The van der Waals surface area contributed by atoms with Crippen LogP contribution in [0.5, 0.6) is 0 Å². The maximum atomic E-state index is 12.6. The molecule has 5 rings (SSSR count). The van der Waals surface area contributed by atoms with Crippen LogP contribution in [-0.2, 0) is 19.3 Å². The quantitative estimate of drug-likeness (QED) is 0.709. The van der Waals surface area contributed by atoms with Gasteiger partial charge in [0.15, 0.2) is 15.7 Å². The van der Waals surface area contributed by atoms with E-state index >= 15 is 0 Å². The van der Waals surface area contributed by atoms with Gasteiger partial charge in [0.2, 0.25) is 0 Å². The van der Waals surface area contributed by atoms with Gasteiger partial charge in [0.25, 0.3) is 0 Å². The Labute approximate surface area is 170 Å². The summed E-state index contributed by atoms with van der Waals surface area (Å²) >= 11 is 0. The van der Waals surface area contributed by atoms with E-state index in [2.05, 4.69) is 16.8 Å². The molecule has 0 spiro atoms. The molecule has 2 aliphatic rings. The predicted molar refractivity (Wildman–Crippen MR) is 113 cm³/mol. The Kier molecular flexibility index (Phi) is 4.18. The van der Waals surface area contributed by atoms with Gasteiger partial charge in [0, 0.05) is 41.5 Å². The van der Waals surface area contributed by atoms with Crippen molar-refractivity contribution in [1.29, 1.82) is 0 Å². The molecule has 1 aliphatic heterocycles. The fourth-order valence-electron chi connectivity index (χ4n) is 4.21. The van der Waals surface area contributed by atoms with Crippen LogP contribution in [-0.4, -0.2) is 55.4 Å². The Morgan fingerprint density at radius 3 is 2.79 bits per heavy atom. The number of H-pyrrole nitrogens is 1. The van der Waals surface area contributed by atoms with E-state index in [1.165, 1.54) is 6.26 Å². The maximum Gasteiger partial charge on any atom is 0.162 e. The highest BCUT2D eigenvalue weighted by Crippen LogP contribution is 2.52. The van der Waals surface area contributed by atoms with Crippen molar-refractivity contribution in [2.75, 3.05) is 30.9 Å². The number of fused-ring (bicyclic) bond motifs is 1. The van der Waals surface area contributed by atoms with Crippen molar-refractivity contribution >= 4 is 26.6 Å². The van der Waals surface area contributed by atoms with E-state index in [4.69, 9.17) is 14.7 Å². The lowest BCUT2D eigenvalue weighted by molar-refractivity contribution is 0.0985. The van der Waals surface area contributed by atoms with Crippen LogP contribution in [0.4, 0.5) is 5.82 Å².